The lowest BCUT2D eigenvalue weighted by Gasteiger charge is -2.19. The fourth-order valence-corrected chi connectivity index (χ4v) is 3.38. The first-order chi connectivity index (χ1) is 9.54. The molecule has 2 saturated heterocycles. The minimum absolute atomic E-state index is 0.00771. The van der Waals surface area contributed by atoms with E-state index in [9.17, 15) is 9.59 Å². The van der Waals surface area contributed by atoms with Crippen LogP contribution < -0.4 is 10.6 Å². The van der Waals surface area contributed by atoms with E-state index < -0.39 is 5.97 Å². The SMILES string of the molecule is O=C(O)c1ccc(NC(=O)C2CC3CCC2N3)cc1Cl. The number of amides is 1. The summed E-state index contributed by atoms with van der Waals surface area (Å²) in [4.78, 5) is 23.1. The van der Waals surface area contributed by atoms with Gasteiger partial charge in [-0.3, -0.25) is 4.79 Å². The molecule has 106 valence electrons. The molecule has 0 radical (unpaired) electrons. The third kappa shape index (κ3) is 2.39. The molecule has 3 N–H and O–H groups in total. The van der Waals surface area contributed by atoms with E-state index in [1.54, 1.807) is 6.07 Å². The Kier molecular flexibility index (Phi) is 3.40. The number of fused-ring (bicyclic) bond motifs is 2. The van der Waals surface area contributed by atoms with E-state index in [1.807, 2.05) is 0 Å². The van der Waals surface area contributed by atoms with Crippen LogP contribution in [0, 0.1) is 5.92 Å². The molecule has 0 saturated carbocycles. The topological polar surface area (TPSA) is 78.4 Å². The molecular weight excluding hydrogens is 280 g/mol. The number of aromatic carboxylic acids is 1. The zero-order chi connectivity index (χ0) is 14.3. The van der Waals surface area contributed by atoms with Gasteiger partial charge in [0.05, 0.1) is 16.5 Å². The maximum Gasteiger partial charge on any atom is 0.337 e. The van der Waals surface area contributed by atoms with Gasteiger partial charge >= 0.3 is 5.97 Å². The number of hydrogen-bond donors (Lipinski definition) is 3. The van der Waals surface area contributed by atoms with Crippen molar-refractivity contribution in [2.75, 3.05) is 5.32 Å². The van der Waals surface area contributed by atoms with Crippen molar-refractivity contribution in [3.8, 4) is 0 Å². The second-order valence-electron chi connectivity index (χ2n) is 5.38. The molecular formula is C14H15ClN2O3. The van der Waals surface area contributed by atoms with E-state index in [4.69, 9.17) is 16.7 Å². The van der Waals surface area contributed by atoms with Crippen LogP contribution in [0.25, 0.3) is 0 Å². The average Bonchev–Trinajstić information content (AvgIpc) is 3.00. The lowest BCUT2D eigenvalue weighted by molar-refractivity contribution is -0.120. The number of carbonyl (C=O) groups is 2. The fourth-order valence-electron chi connectivity index (χ4n) is 3.12. The smallest absolute Gasteiger partial charge is 0.337 e. The number of carbonyl (C=O) groups excluding carboxylic acids is 1. The van der Waals surface area contributed by atoms with Crippen molar-refractivity contribution in [1.82, 2.24) is 5.32 Å². The number of carboxylic acids is 1. The molecule has 2 aliphatic rings. The Morgan fingerprint density at radius 1 is 1.35 bits per heavy atom. The molecule has 2 bridgehead atoms. The average molecular weight is 295 g/mol. The molecule has 0 aliphatic carbocycles. The van der Waals surface area contributed by atoms with Gasteiger partial charge < -0.3 is 15.7 Å². The van der Waals surface area contributed by atoms with E-state index in [2.05, 4.69) is 10.6 Å². The lowest BCUT2D eigenvalue weighted by Crippen LogP contribution is -2.32. The fraction of sp³-hybridized carbons (Fsp3) is 0.429. The summed E-state index contributed by atoms with van der Waals surface area (Å²) in [6.45, 7) is 0. The summed E-state index contributed by atoms with van der Waals surface area (Å²) >= 11 is 5.89. The summed E-state index contributed by atoms with van der Waals surface area (Å²) in [5.41, 5.74) is 0.569. The second kappa shape index (κ2) is 5.07. The van der Waals surface area contributed by atoms with Crippen molar-refractivity contribution < 1.29 is 14.7 Å². The van der Waals surface area contributed by atoms with Gasteiger partial charge in [0.2, 0.25) is 5.91 Å². The van der Waals surface area contributed by atoms with Gasteiger partial charge in [0, 0.05) is 17.8 Å². The Labute approximate surface area is 121 Å². The van der Waals surface area contributed by atoms with Crippen molar-refractivity contribution in [3.63, 3.8) is 0 Å². The Morgan fingerprint density at radius 3 is 2.70 bits per heavy atom. The van der Waals surface area contributed by atoms with E-state index in [0.29, 0.717) is 11.7 Å². The third-order valence-corrected chi connectivity index (χ3v) is 4.42. The number of halogens is 1. The van der Waals surface area contributed by atoms with Crippen LogP contribution in [0.1, 0.15) is 29.6 Å². The first-order valence-electron chi connectivity index (χ1n) is 6.64. The standard InChI is InChI=1S/C14H15ClN2O3/c15-11-6-8(1-3-9(11)14(19)20)17-13(18)10-5-7-2-4-12(10)16-7/h1,3,6-7,10,12,16H,2,4-5H2,(H,17,18)(H,19,20). The molecule has 3 atom stereocenters. The highest BCUT2D eigenvalue weighted by Crippen LogP contribution is 2.34. The van der Waals surface area contributed by atoms with Gasteiger partial charge in [0.25, 0.3) is 0 Å². The van der Waals surface area contributed by atoms with Gasteiger partial charge in [-0.2, -0.15) is 0 Å². The quantitative estimate of drug-likeness (QED) is 0.798. The number of nitrogens with one attached hydrogen (secondary N) is 2. The van der Waals surface area contributed by atoms with Crippen LogP contribution in [-0.2, 0) is 4.79 Å². The minimum atomic E-state index is -1.08. The van der Waals surface area contributed by atoms with E-state index in [-0.39, 0.29) is 28.5 Å². The highest BCUT2D eigenvalue weighted by Gasteiger charge is 2.42. The first-order valence-corrected chi connectivity index (χ1v) is 7.02. The van der Waals surface area contributed by atoms with Crippen LogP contribution in [0.2, 0.25) is 5.02 Å². The maximum atomic E-state index is 12.2. The summed E-state index contributed by atoms with van der Waals surface area (Å²) in [5, 5.41) is 15.3. The van der Waals surface area contributed by atoms with Gasteiger partial charge in [-0.1, -0.05) is 11.6 Å². The summed E-state index contributed by atoms with van der Waals surface area (Å²) in [6, 6.07) is 5.18. The van der Waals surface area contributed by atoms with Crippen LogP contribution in [-0.4, -0.2) is 29.1 Å². The monoisotopic (exact) mass is 294 g/mol. The van der Waals surface area contributed by atoms with Crippen LogP contribution in [0.3, 0.4) is 0 Å². The number of hydrogen-bond acceptors (Lipinski definition) is 3. The number of anilines is 1. The van der Waals surface area contributed by atoms with E-state index >= 15 is 0 Å². The Bertz CT molecular complexity index is 576. The second-order valence-corrected chi connectivity index (χ2v) is 5.79. The van der Waals surface area contributed by atoms with Crippen molar-refractivity contribution in [1.29, 1.82) is 0 Å². The third-order valence-electron chi connectivity index (χ3n) is 4.10. The zero-order valence-electron chi connectivity index (χ0n) is 10.7. The van der Waals surface area contributed by atoms with Gasteiger partial charge in [-0.25, -0.2) is 4.79 Å². The van der Waals surface area contributed by atoms with E-state index in [1.165, 1.54) is 12.1 Å². The molecule has 1 aromatic carbocycles. The van der Waals surface area contributed by atoms with E-state index in [0.717, 1.165) is 19.3 Å². The molecule has 0 spiro atoms. The maximum absolute atomic E-state index is 12.2. The van der Waals surface area contributed by atoms with Gasteiger partial charge in [0.15, 0.2) is 0 Å². The molecule has 2 heterocycles. The number of benzene rings is 1. The van der Waals surface area contributed by atoms with Gasteiger partial charge in [-0.15, -0.1) is 0 Å². The molecule has 3 unspecified atom stereocenters. The first kappa shape index (κ1) is 13.4. The van der Waals surface area contributed by atoms with Crippen molar-refractivity contribution in [2.45, 2.75) is 31.3 Å². The molecule has 20 heavy (non-hydrogen) atoms. The summed E-state index contributed by atoms with van der Waals surface area (Å²) < 4.78 is 0. The molecule has 6 heteroatoms. The zero-order valence-corrected chi connectivity index (χ0v) is 11.5. The highest BCUT2D eigenvalue weighted by atomic mass is 35.5. The lowest BCUT2D eigenvalue weighted by atomic mass is 9.88. The molecule has 0 aromatic heterocycles. The number of carboxylic acid groups (broad SMARTS) is 1. The summed E-state index contributed by atoms with van der Waals surface area (Å²) in [5.74, 6) is -1.11. The summed E-state index contributed by atoms with van der Waals surface area (Å²) in [6.07, 6.45) is 3.06. The molecule has 3 rings (SSSR count). The van der Waals surface area contributed by atoms with Crippen LogP contribution in [0.15, 0.2) is 18.2 Å². The molecule has 2 fully saturated rings. The normalized spacial score (nSPS) is 27.6. The highest BCUT2D eigenvalue weighted by molar-refractivity contribution is 6.33. The Hall–Kier alpha value is -1.59. The van der Waals surface area contributed by atoms with Gasteiger partial charge in [0.1, 0.15) is 0 Å². The summed E-state index contributed by atoms with van der Waals surface area (Å²) in [7, 11) is 0. The number of rotatable bonds is 3. The van der Waals surface area contributed by atoms with Crippen LogP contribution in [0.4, 0.5) is 5.69 Å². The molecule has 1 aromatic rings. The van der Waals surface area contributed by atoms with Crippen LogP contribution in [0.5, 0.6) is 0 Å². The van der Waals surface area contributed by atoms with Crippen LogP contribution >= 0.6 is 11.6 Å². The molecule has 2 aliphatic heterocycles. The molecule has 1 amide bonds. The van der Waals surface area contributed by atoms with Crippen molar-refractivity contribution in [3.05, 3.63) is 28.8 Å². The predicted molar refractivity (Wildman–Crippen MR) is 75.1 cm³/mol. The Balaban J connectivity index is 1.70. The largest absolute Gasteiger partial charge is 0.478 e. The Morgan fingerprint density at radius 2 is 2.15 bits per heavy atom. The van der Waals surface area contributed by atoms with Gasteiger partial charge in [-0.05, 0) is 37.5 Å². The minimum Gasteiger partial charge on any atom is -0.478 e. The van der Waals surface area contributed by atoms with Crippen molar-refractivity contribution in [2.24, 2.45) is 5.92 Å². The molecule has 5 nitrogen and oxygen atoms in total. The predicted octanol–water partition coefficient (Wildman–Crippen LogP) is 2.12. The van der Waals surface area contributed by atoms with Crippen molar-refractivity contribution >= 4 is 29.2 Å².